The molecule has 0 atom stereocenters. The third-order valence-electron chi connectivity index (χ3n) is 2.64. The zero-order chi connectivity index (χ0) is 14.5. The summed E-state index contributed by atoms with van der Waals surface area (Å²) in [5.74, 6) is 0.696. The van der Waals surface area contributed by atoms with Crippen molar-refractivity contribution in [1.82, 2.24) is 5.32 Å². The second-order valence-corrected chi connectivity index (χ2v) is 7.54. The molecular weight excluding hydrogens is 381 g/mol. The van der Waals surface area contributed by atoms with Crippen LogP contribution in [-0.2, 0) is 13.2 Å². The first-order chi connectivity index (χ1) is 9.60. The molecule has 1 heterocycles. The lowest BCUT2D eigenvalue weighted by Crippen LogP contribution is -2.13. The van der Waals surface area contributed by atoms with Gasteiger partial charge in [-0.1, -0.05) is 30.1 Å². The average Bonchev–Trinajstić information content (AvgIpc) is 2.80. The molecule has 108 valence electrons. The van der Waals surface area contributed by atoms with E-state index in [4.69, 9.17) is 27.9 Å². The van der Waals surface area contributed by atoms with Crippen molar-refractivity contribution in [1.29, 1.82) is 0 Å². The van der Waals surface area contributed by atoms with Gasteiger partial charge in [0, 0.05) is 22.0 Å². The van der Waals surface area contributed by atoms with Gasteiger partial charge in [0.2, 0.25) is 0 Å². The van der Waals surface area contributed by atoms with E-state index in [1.54, 1.807) is 17.4 Å². The highest BCUT2D eigenvalue weighted by Crippen LogP contribution is 2.33. The van der Waals surface area contributed by atoms with Crippen molar-refractivity contribution in [2.45, 2.75) is 20.1 Å². The first-order valence-corrected chi connectivity index (χ1v) is 8.52. The van der Waals surface area contributed by atoms with Crippen LogP contribution in [0.25, 0.3) is 0 Å². The summed E-state index contributed by atoms with van der Waals surface area (Å²) in [5.41, 5.74) is 0.972. The van der Waals surface area contributed by atoms with Gasteiger partial charge in [-0.25, -0.2) is 0 Å². The molecule has 0 amide bonds. The number of nitrogens with one attached hydrogen (secondary N) is 1. The number of ether oxygens (including phenoxy) is 1. The minimum atomic E-state index is 0.497. The summed E-state index contributed by atoms with van der Waals surface area (Å²) >= 11 is 17.4. The molecule has 0 saturated carbocycles. The molecule has 2 rings (SSSR count). The first kappa shape index (κ1) is 16.1. The highest BCUT2D eigenvalue weighted by Gasteiger charge is 2.11. The summed E-state index contributed by atoms with van der Waals surface area (Å²) in [7, 11) is 0. The number of rotatable bonds is 6. The summed E-state index contributed by atoms with van der Waals surface area (Å²) in [6.07, 6.45) is 0. The third-order valence-corrected chi connectivity index (χ3v) is 4.73. The molecule has 0 aliphatic carbocycles. The fourth-order valence-corrected chi connectivity index (χ4v) is 3.73. The third kappa shape index (κ3) is 4.37. The van der Waals surface area contributed by atoms with E-state index in [2.05, 4.69) is 28.2 Å². The Balaban J connectivity index is 2.16. The van der Waals surface area contributed by atoms with E-state index in [1.165, 1.54) is 0 Å². The summed E-state index contributed by atoms with van der Waals surface area (Å²) in [6.45, 7) is 4.11. The number of halogens is 3. The molecule has 0 aliphatic rings. The molecule has 0 aliphatic heterocycles. The van der Waals surface area contributed by atoms with Gasteiger partial charge in [-0.2, -0.15) is 0 Å². The van der Waals surface area contributed by atoms with E-state index in [1.807, 2.05) is 18.2 Å². The van der Waals surface area contributed by atoms with Gasteiger partial charge >= 0.3 is 0 Å². The zero-order valence-electron chi connectivity index (χ0n) is 10.9. The molecule has 1 N–H and O–H groups in total. The van der Waals surface area contributed by atoms with Crippen LogP contribution in [0.15, 0.2) is 28.1 Å². The van der Waals surface area contributed by atoms with Crippen LogP contribution >= 0.6 is 50.5 Å². The van der Waals surface area contributed by atoms with Crippen molar-refractivity contribution < 1.29 is 4.74 Å². The lowest BCUT2D eigenvalue weighted by Gasteiger charge is -2.13. The van der Waals surface area contributed by atoms with Crippen LogP contribution in [0.2, 0.25) is 10.0 Å². The van der Waals surface area contributed by atoms with Gasteiger partial charge in [-0.15, -0.1) is 11.3 Å². The standard InChI is InChI=1S/C14H14BrCl2NOS/c1-2-18-7-9-5-10(16)6-12(17)14(9)19-8-11-3-4-13(15)20-11/h3-6,18H,2,7-8H2,1H3. The van der Waals surface area contributed by atoms with Gasteiger partial charge in [0.1, 0.15) is 12.4 Å². The van der Waals surface area contributed by atoms with E-state index in [0.29, 0.717) is 28.9 Å². The van der Waals surface area contributed by atoms with Crippen LogP contribution in [0.5, 0.6) is 5.75 Å². The fraction of sp³-hybridized carbons (Fsp3) is 0.286. The Morgan fingerprint density at radius 2 is 2.10 bits per heavy atom. The first-order valence-electron chi connectivity index (χ1n) is 6.15. The van der Waals surface area contributed by atoms with Crippen molar-refractivity contribution in [3.05, 3.63) is 48.5 Å². The Labute approximate surface area is 141 Å². The quantitative estimate of drug-likeness (QED) is 0.697. The smallest absolute Gasteiger partial charge is 0.143 e. The molecule has 1 aromatic carbocycles. The number of hydrogen-bond acceptors (Lipinski definition) is 3. The maximum absolute atomic E-state index is 6.24. The second-order valence-electron chi connectivity index (χ2n) is 4.15. The monoisotopic (exact) mass is 393 g/mol. The maximum Gasteiger partial charge on any atom is 0.143 e. The second kappa shape index (κ2) is 7.66. The van der Waals surface area contributed by atoms with Crippen molar-refractivity contribution in [2.24, 2.45) is 0 Å². The lowest BCUT2D eigenvalue weighted by molar-refractivity contribution is 0.306. The number of thiophene rings is 1. The van der Waals surface area contributed by atoms with Gasteiger partial charge in [0.15, 0.2) is 0 Å². The minimum absolute atomic E-state index is 0.497. The van der Waals surface area contributed by atoms with Gasteiger partial charge < -0.3 is 10.1 Å². The van der Waals surface area contributed by atoms with Gasteiger partial charge in [-0.05, 0) is 46.7 Å². The van der Waals surface area contributed by atoms with Crippen LogP contribution in [0.1, 0.15) is 17.4 Å². The van der Waals surface area contributed by atoms with E-state index in [9.17, 15) is 0 Å². The molecule has 6 heteroatoms. The maximum atomic E-state index is 6.24. The number of benzene rings is 1. The predicted molar refractivity (Wildman–Crippen MR) is 90.2 cm³/mol. The normalized spacial score (nSPS) is 10.8. The molecular formula is C14H14BrCl2NOS. The summed E-state index contributed by atoms with van der Waals surface area (Å²) in [4.78, 5) is 1.14. The Morgan fingerprint density at radius 3 is 2.75 bits per heavy atom. The molecule has 0 radical (unpaired) electrons. The van der Waals surface area contributed by atoms with Crippen LogP contribution in [0.3, 0.4) is 0 Å². The molecule has 0 spiro atoms. The molecule has 20 heavy (non-hydrogen) atoms. The molecule has 0 fully saturated rings. The van der Waals surface area contributed by atoms with E-state index in [0.717, 1.165) is 20.8 Å². The average molecular weight is 395 g/mol. The zero-order valence-corrected chi connectivity index (χ0v) is 14.8. The van der Waals surface area contributed by atoms with Crippen molar-refractivity contribution in [3.63, 3.8) is 0 Å². The Kier molecular flexibility index (Phi) is 6.18. The number of hydrogen-bond donors (Lipinski definition) is 1. The van der Waals surface area contributed by atoms with Gasteiger partial charge in [0.25, 0.3) is 0 Å². The predicted octanol–water partition coefficient (Wildman–Crippen LogP) is 5.51. The molecule has 0 saturated heterocycles. The van der Waals surface area contributed by atoms with Crippen LogP contribution in [0, 0.1) is 0 Å². The Bertz CT molecular complexity index is 589. The van der Waals surface area contributed by atoms with Crippen LogP contribution in [-0.4, -0.2) is 6.54 Å². The van der Waals surface area contributed by atoms with Crippen molar-refractivity contribution in [2.75, 3.05) is 6.54 Å². The summed E-state index contributed by atoms with van der Waals surface area (Å²) in [5, 5.41) is 4.42. The minimum Gasteiger partial charge on any atom is -0.486 e. The SMILES string of the molecule is CCNCc1cc(Cl)cc(Cl)c1OCc1ccc(Br)s1. The lowest BCUT2D eigenvalue weighted by atomic mass is 10.2. The highest BCUT2D eigenvalue weighted by atomic mass is 79.9. The molecule has 0 unspecified atom stereocenters. The van der Waals surface area contributed by atoms with Gasteiger partial charge in [-0.3, -0.25) is 0 Å². The van der Waals surface area contributed by atoms with Crippen LogP contribution in [0.4, 0.5) is 0 Å². The summed E-state index contributed by atoms with van der Waals surface area (Å²) < 4.78 is 6.97. The molecule has 1 aromatic heterocycles. The van der Waals surface area contributed by atoms with Gasteiger partial charge in [0.05, 0.1) is 8.81 Å². The molecule has 0 bridgehead atoms. The molecule has 2 nitrogen and oxygen atoms in total. The fourth-order valence-electron chi connectivity index (χ4n) is 1.74. The largest absolute Gasteiger partial charge is 0.486 e. The Morgan fingerprint density at radius 1 is 1.30 bits per heavy atom. The Hall–Kier alpha value is -0.260. The summed E-state index contributed by atoms with van der Waals surface area (Å²) in [6, 6.07) is 7.63. The van der Waals surface area contributed by atoms with E-state index >= 15 is 0 Å². The van der Waals surface area contributed by atoms with Crippen molar-refractivity contribution >= 4 is 50.5 Å². The van der Waals surface area contributed by atoms with Crippen molar-refractivity contribution in [3.8, 4) is 5.75 Å². The highest BCUT2D eigenvalue weighted by molar-refractivity contribution is 9.11. The topological polar surface area (TPSA) is 21.3 Å². The van der Waals surface area contributed by atoms with E-state index < -0.39 is 0 Å². The van der Waals surface area contributed by atoms with Crippen LogP contribution < -0.4 is 10.1 Å². The van der Waals surface area contributed by atoms with E-state index in [-0.39, 0.29) is 0 Å². The molecule has 2 aromatic rings.